The first-order valence-corrected chi connectivity index (χ1v) is 15.3. The predicted octanol–water partition coefficient (Wildman–Crippen LogP) is 5.68. The number of sulfonamides is 1. The van der Waals surface area contributed by atoms with E-state index in [0.717, 1.165) is 9.87 Å². The van der Waals surface area contributed by atoms with E-state index in [-0.39, 0.29) is 17.1 Å². The number of amides is 2. The van der Waals surface area contributed by atoms with Crippen LogP contribution in [0.15, 0.2) is 108 Å². The summed E-state index contributed by atoms with van der Waals surface area (Å²) in [5.74, 6) is -0.341. The maximum absolute atomic E-state index is 14.0. The highest BCUT2D eigenvalue weighted by atomic mass is 32.2. The number of para-hydroxylation sites is 1. The maximum Gasteiger partial charge on any atom is 0.264 e. The van der Waals surface area contributed by atoms with E-state index >= 15 is 0 Å². The Balaban J connectivity index is 1.70. The SMILES string of the molecule is CCNC(=O)[C@@H](C)N(Cc1ccc(F)cc1)C(=O)CN(c1ccc(Oc2ccccc2)cc1)S(=O)(=O)c1ccc(C)cc1. The van der Waals surface area contributed by atoms with Gasteiger partial charge < -0.3 is 15.0 Å². The standard InChI is InChI=1S/C33H34FN3O5S/c1-4-35-33(39)25(3)36(22-26-12-14-27(34)15-13-26)32(38)23-37(43(40,41)31-20-10-24(2)11-21-31)28-16-18-30(19-17-28)42-29-8-6-5-7-9-29/h5-21,25H,4,22-23H2,1-3H3,(H,35,39)/t25-/m1/s1. The second kappa shape index (κ2) is 14.0. The first-order chi connectivity index (χ1) is 20.6. The second-order valence-corrected chi connectivity index (χ2v) is 11.8. The zero-order valence-corrected chi connectivity index (χ0v) is 25.1. The number of likely N-dealkylation sites (N-methyl/N-ethyl adjacent to an activating group) is 1. The van der Waals surface area contributed by atoms with E-state index in [1.807, 2.05) is 25.1 Å². The summed E-state index contributed by atoms with van der Waals surface area (Å²) < 4.78 is 48.4. The number of ether oxygens (including phenoxy) is 1. The zero-order valence-electron chi connectivity index (χ0n) is 24.2. The van der Waals surface area contributed by atoms with Gasteiger partial charge in [-0.1, -0.05) is 48.0 Å². The van der Waals surface area contributed by atoms with Crippen molar-refractivity contribution in [2.45, 2.75) is 38.3 Å². The zero-order chi connectivity index (χ0) is 31.0. The summed E-state index contributed by atoms with van der Waals surface area (Å²) in [4.78, 5) is 28.1. The molecular weight excluding hydrogens is 569 g/mol. The molecule has 1 atom stereocenters. The van der Waals surface area contributed by atoms with Crippen LogP contribution < -0.4 is 14.4 Å². The van der Waals surface area contributed by atoms with Gasteiger partial charge in [-0.2, -0.15) is 0 Å². The Morgan fingerprint density at radius 1 is 0.860 bits per heavy atom. The highest BCUT2D eigenvalue weighted by Gasteiger charge is 2.32. The number of carbonyl (C=O) groups excluding carboxylic acids is 2. The van der Waals surface area contributed by atoms with Gasteiger partial charge in [0.25, 0.3) is 10.0 Å². The highest BCUT2D eigenvalue weighted by Crippen LogP contribution is 2.28. The van der Waals surface area contributed by atoms with Crippen molar-refractivity contribution in [3.05, 3.63) is 120 Å². The average Bonchev–Trinajstić information content (AvgIpc) is 3.00. The number of carbonyl (C=O) groups is 2. The molecule has 0 radical (unpaired) electrons. The van der Waals surface area contributed by atoms with Crippen LogP contribution >= 0.6 is 0 Å². The molecule has 10 heteroatoms. The minimum atomic E-state index is -4.21. The summed E-state index contributed by atoms with van der Waals surface area (Å²) in [5.41, 5.74) is 1.70. The summed E-state index contributed by atoms with van der Waals surface area (Å²) >= 11 is 0. The fraction of sp³-hybridized carbons (Fsp3) is 0.212. The molecule has 0 unspecified atom stereocenters. The van der Waals surface area contributed by atoms with Crippen molar-refractivity contribution < 1.29 is 27.1 Å². The van der Waals surface area contributed by atoms with Gasteiger partial charge in [0.05, 0.1) is 10.6 Å². The van der Waals surface area contributed by atoms with Crippen LogP contribution in [0, 0.1) is 12.7 Å². The molecule has 4 rings (SSSR count). The molecule has 4 aromatic rings. The van der Waals surface area contributed by atoms with Crippen molar-refractivity contribution in [1.82, 2.24) is 10.2 Å². The third-order valence-corrected chi connectivity index (χ3v) is 8.56. The number of nitrogens with one attached hydrogen (secondary N) is 1. The number of halogens is 1. The van der Waals surface area contributed by atoms with E-state index in [4.69, 9.17) is 4.74 Å². The monoisotopic (exact) mass is 603 g/mol. The Kier molecular flexibility index (Phi) is 10.2. The van der Waals surface area contributed by atoms with Crippen LogP contribution in [-0.2, 0) is 26.2 Å². The van der Waals surface area contributed by atoms with Crippen LogP contribution in [0.4, 0.5) is 10.1 Å². The lowest BCUT2D eigenvalue weighted by atomic mass is 10.1. The van der Waals surface area contributed by atoms with Crippen LogP contribution in [0.1, 0.15) is 25.0 Å². The van der Waals surface area contributed by atoms with Gasteiger partial charge in [-0.05, 0) is 87.0 Å². The van der Waals surface area contributed by atoms with Gasteiger partial charge in [0.15, 0.2) is 0 Å². The van der Waals surface area contributed by atoms with Crippen LogP contribution in [0.3, 0.4) is 0 Å². The van der Waals surface area contributed by atoms with Crippen LogP contribution in [0.2, 0.25) is 0 Å². The molecule has 43 heavy (non-hydrogen) atoms. The van der Waals surface area contributed by atoms with E-state index in [1.165, 1.54) is 41.3 Å². The van der Waals surface area contributed by atoms with Gasteiger partial charge in [-0.15, -0.1) is 0 Å². The topological polar surface area (TPSA) is 96.0 Å². The molecule has 0 aromatic heterocycles. The molecule has 0 bridgehead atoms. The molecule has 8 nitrogen and oxygen atoms in total. The van der Waals surface area contributed by atoms with E-state index in [1.54, 1.807) is 62.4 Å². The highest BCUT2D eigenvalue weighted by molar-refractivity contribution is 7.92. The van der Waals surface area contributed by atoms with Crippen molar-refractivity contribution >= 4 is 27.5 Å². The number of aryl methyl sites for hydroxylation is 1. The van der Waals surface area contributed by atoms with Crippen LogP contribution in [-0.4, -0.2) is 44.3 Å². The van der Waals surface area contributed by atoms with Crippen molar-refractivity contribution in [1.29, 1.82) is 0 Å². The molecule has 0 saturated heterocycles. The number of nitrogens with zero attached hydrogens (tertiary/aromatic N) is 2. The number of hydrogen-bond acceptors (Lipinski definition) is 5. The van der Waals surface area contributed by atoms with E-state index in [9.17, 15) is 22.4 Å². The molecule has 224 valence electrons. The van der Waals surface area contributed by atoms with Gasteiger partial charge in [0.1, 0.15) is 29.9 Å². The Morgan fingerprint density at radius 2 is 1.47 bits per heavy atom. The van der Waals surface area contributed by atoms with Crippen molar-refractivity contribution in [3.8, 4) is 11.5 Å². The molecular formula is C33H34FN3O5S. The smallest absolute Gasteiger partial charge is 0.264 e. The van der Waals surface area contributed by atoms with E-state index in [0.29, 0.717) is 23.6 Å². The lowest BCUT2D eigenvalue weighted by Gasteiger charge is -2.32. The van der Waals surface area contributed by atoms with Crippen LogP contribution in [0.5, 0.6) is 11.5 Å². The average molecular weight is 604 g/mol. The molecule has 0 spiro atoms. The number of hydrogen-bond donors (Lipinski definition) is 1. The van der Waals surface area contributed by atoms with E-state index in [2.05, 4.69) is 5.32 Å². The molecule has 2 amide bonds. The fourth-order valence-electron chi connectivity index (χ4n) is 4.36. The maximum atomic E-state index is 14.0. The normalized spacial score (nSPS) is 11.8. The quantitative estimate of drug-likeness (QED) is 0.225. The van der Waals surface area contributed by atoms with Gasteiger partial charge in [0, 0.05) is 13.1 Å². The van der Waals surface area contributed by atoms with Crippen molar-refractivity contribution in [2.75, 3.05) is 17.4 Å². The summed E-state index contributed by atoms with van der Waals surface area (Å²) in [6, 6.07) is 26.5. The van der Waals surface area contributed by atoms with Gasteiger partial charge in [-0.3, -0.25) is 13.9 Å². The molecule has 0 aliphatic heterocycles. The molecule has 0 aliphatic rings. The first kappa shape index (κ1) is 31.2. The van der Waals surface area contributed by atoms with Crippen LogP contribution in [0.25, 0.3) is 0 Å². The van der Waals surface area contributed by atoms with Gasteiger partial charge in [0.2, 0.25) is 11.8 Å². The molecule has 0 saturated carbocycles. The summed E-state index contributed by atoms with van der Waals surface area (Å²) in [5, 5.41) is 2.71. The number of benzene rings is 4. The van der Waals surface area contributed by atoms with Gasteiger partial charge in [-0.25, -0.2) is 12.8 Å². The van der Waals surface area contributed by atoms with E-state index < -0.39 is 40.2 Å². The summed E-state index contributed by atoms with van der Waals surface area (Å²) in [6.07, 6.45) is 0. The molecule has 4 aromatic carbocycles. The minimum Gasteiger partial charge on any atom is -0.457 e. The second-order valence-electron chi connectivity index (χ2n) is 9.95. The molecule has 0 aliphatic carbocycles. The molecule has 0 fully saturated rings. The Bertz CT molecular complexity index is 1630. The summed E-state index contributed by atoms with van der Waals surface area (Å²) in [7, 11) is -4.21. The predicted molar refractivity (Wildman–Crippen MR) is 164 cm³/mol. The third-order valence-electron chi connectivity index (χ3n) is 6.78. The summed E-state index contributed by atoms with van der Waals surface area (Å²) in [6.45, 7) is 4.92. The van der Waals surface area contributed by atoms with Crippen molar-refractivity contribution in [2.24, 2.45) is 0 Å². The third kappa shape index (κ3) is 7.98. The Hall–Kier alpha value is -4.70. The Labute approximate surface area is 251 Å². The fourth-order valence-corrected chi connectivity index (χ4v) is 5.78. The Morgan fingerprint density at radius 3 is 2.07 bits per heavy atom. The minimum absolute atomic E-state index is 0.0115. The number of rotatable bonds is 12. The number of anilines is 1. The first-order valence-electron chi connectivity index (χ1n) is 13.8. The lowest BCUT2D eigenvalue weighted by molar-refractivity contribution is -0.139. The van der Waals surface area contributed by atoms with Crippen molar-refractivity contribution in [3.63, 3.8) is 0 Å². The van der Waals surface area contributed by atoms with Gasteiger partial charge >= 0.3 is 0 Å². The molecule has 0 heterocycles. The molecule has 1 N–H and O–H groups in total. The largest absolute Gasteiger partial charge is 0.457 e. The lowest BCUT2D eigenvalue weighted by Crippen LogP contribution is -2.51.